The van der Waals surface area contributed by atoms with Gasteiger partial charge in [-0.25, -0.2) is 0 Å². The number of ether oxygens (including phenoxy) is 1. The van der Waals surface area contributed by atoms with E-state index in [1.54, 1.807) is 6.92 Å². The third kappa shape index (κ3) is 4.66. The first-order chi connectivity index (χ1) is 12.3. The lowest BCUT2D eigenvalue weighted by atomic mass is 10.0. The van der Waals surface area contributed by atoms with Gasteiger partial charge in [-0.15, -0.1) is 0 Å². The minimum Gasteiger partial charge on any atom is -0.469 e. The van der Waals surface area contributed by atoms with Crippen LogP contribution < -0.4 is 5.32 Å². The normalized spacial score (nSPS) is 11.5. The Labute approximate surface area is 151 Å². The maximum atomic E-state index is 12.6. The number of carbonyl (C=O) groups excluding carboxylic acids is 2. The molecule has 0 aliphatic heterocycles. The second-order valence-corrected chi connectivity index (χ2v) is 5.98. The molecule has 136 valence electrons. The van der Waals surface area contributed by atoms with Crippen LogP contribution in [-0.2, 0) is 9.53 Å². The number of nitrogens with zero attached hydrogens (tertiary/aromatic N) is 1. The van der Waals surface area contributed by atoms with Crippen LogP contribution in [0.2, 0.25) is 0 Å². The number of rotatable bonds is 6. The molecule has 1 unspecified atom stereocenters. The van der Waals surface area contributed by atoms with Gasteiger partial charge in [-0.3, -0.25) is 19.7 Å². The van der Waals surface area contributed by atoms with Crippen molar-refractivity contribution in [3.8, 4) is 0 Å². The molecule has 0 saturated heterocycles. The molecule has 1 atom stereocenters. The number of benzene rings is 2. The molecule has 0 heterocycles. The van der Waals surface area contributed by atoms with Gasteiger partial charge in [0.05, 0.1) is 24.5 Å². The number of esters is 1. The number of amides is 1. The first-order valence-electron chi connectivity index (χ1n) is 8.01. The Morgan fingerprint density at radius 1 is 1.15 bits per heavy atom. The van der Waals surface area contributed by atoms with Crippen molar-refractivity contribution in [2.45, 2.75) is 26.3 Å². The number of carbonyl (C=O) groups is 2. The van der Waals surface area contributed by atoms with Crippen LogP contribution in [0.1, 0.15) is 39.5 Å². The number of methoxy groups -OCH3 is 1. The Kier molecular flexibility index (Phi) is 6.06. The van der Waals surface area contributed by atoms with E-state index in [4.69, 9.17) is 4.74 Å². The SMILES string of the molecule is COC(=O)CC(NC(=O)c1ccc([N+](=O)[O-])c(C)c1)c1ccc(C)cc1. The topological polar surface area (TPSA) is 98.5 Å². The molecular weight excluding hydrogens is 336 g/mol. The van der Waals surface area contributed by atoms with Crippen molar-refractivity contribution in [1.29, 1.82) is 0 Å². The van der Waals surface area contributed by atoms with Gasteiger partial charge < -0.3 is 10.1 Å². The fourth-order valence-corrected chi connectivity index (χ4v) is 2.54. The van der Waals surface area contributed by atoms with E-state index in [2.05, 4.69) is 5.32 Å². The average molecular weight is 356 g/mol. The Bertz CT molecular complexity index is 830. The highest BCUT2D eigenvalue weighted by Gasteiger charge is 2.21. The second kappa shape index (κ2) is 8.24. The molecule has 0 aliphatic carbocycles. The molecule has 0 saturated carbocycles. The van der Waals surface area contributed by atoms with Crippen LogP contribution in [-0.4, -0.2) is 23.9 Å². The van der Waals surface area contributed by atoms with Gasteiger partial charge in [0, 0.05) is 17.2 Å². The van der Waals surface area contributed by atoms with E-state index in [1.165, 1.54) is 25.3 Å². The molecule has 1 N–H and O–H groups in total. The summed E-state index contributed by atoms with van der Waals surface area (Å²) >= 11 is 0. The minimum absolute atomic E-state index is 0.0166. The molecular formula is C19H20N2O5. The van der Waals surface area contributed by atoms with Gasteiger partial charge in [0.1, 0.15) is 0 Å². The van der Waals surface area contributed by atoms with Crippen LogP contribution in [0.4, 0.5) is 5.69 Å². The zero-order chi connectivity index (χ0) is 19.3. The van der Waals surface area contributed by atoms with Crippen molar-refractivity contribution in [3.63, 3.8) is 0 Å². The molecule has 26 heavy (non-hydrogen) atoms. The summed E-state index contributed by atoms with van der Waals surface area (Å²) < 4.78 is 4.71. The predicted octanol–water partition coefficient (Wildman–Crippen LogP) is 3.25. The number of nitro groups is 1. The van der Waals surface area contributed by atoms with Crippen molar-refractivity contribution in [2.75, 3.05) is 7.11 Å². The first kappa shape index (κ1) is 19.1. The highest BCUT2D eigenvalue weighted by atomic mass is 16.6. The second-order valence-electron chi connectivity index (χ2n) is 5.98. The largest absolute Gasteiger partial charge is 0.469 e. The van der Waals surface area contributed by atoms with Crippen molar-refractivity contribution in [1.82, 2.24) is 5.32 Å². The molecule has 1 amide bonds. The molecule has 0 bridgehead atoms. The number of nitro benzene ring substituents is 1. The maximum Gasteiger partial charge on any atom is 0.307 e. The molecule has 7 heteroatoms. The maximum absolute atomic E-state index is 12.6. The van der Waals surface area contributed by atoms with Gasteiger partial charge in [-0.1, -0.05) is 29.8 Å². The fraction of sp³-hybridized carbons (Fsp3) is 0.263. The zero-order valence-electron chi connectivity index (χ0n) is 14.8. The van der Waals surface area contributed by atoms with Crippen LogP contribution in [0.25, 0.3) is 0 Å². The number of nitrogens with one attached hydrogen (secondary N) is 1. The van der Waals surface area contributed by atoms with E-state index in [0.717, 1.165) is 11.1 Å². The quantitative estimate of drug-likeness (QED) is 0.487. The van der Waals surface area contributed by atoms with Crippen molar-refractivity contribution in [3.05, 3.63) is 74.8 Å². The third-order valence-corrected chi connectivity index (χ3v) is 4.04. The summed E-state index contributed by atoms with van der Waals surface area (Å²) in [7, 11) is 1.29. The summed E-state index contributed by atoms with van der Waals surface area (Å²) in [6.07, 6.45) is -0.0166. The fourth-order valence-electron chi connectivity index (χ4n) is 2.54. The predicted molar refractivity (Wildman–Crippen MR) is 95.9 cm³/mol. The Morgan fingerprint density at radius 2 is 1.81 bits per heavy atom. The molecule has 0 spiro atoms. The lowest BCUT2D eigenvalue weighted by Gasteiger charge is -2.18. The Hall–Kier alpha value is -3.22. The van der Waals surface area contributed by atoms with Crippen molar-refractivity contribution < 1.29 is 19.2 Å². The molecule has 0 fully saturated rings. The van der Waals surface area contributed by atoms with Gasteiger partial charge in [0.25, 0.3) is 11.6 Å². The van der Waals surface area contributed by atoms with Crippen LogP contribution in [0.15, 0.2) is 42.5 Å². The number of hydrogen-bond donors (Lipinski definition) is 1. The molecule has 7 nitrogen and oxygen atoms in total. The van der Waals surface area contributed by atoms with Gasteiger partial charge in [-0.2, -0.15) is 0 Å². The first-order valence-corrected chi connectivity index (χ1v) is 8.01. The Morgan fingerprint density at radius 3 is 2.35 bits per heavy atom. The van der Waals surface area contributed by atoms with Gasteiger partial charge >= 0.3 is 5.97 Å². The van der Waals surface area contributed by atoms with E-state index < -0.39 is 22.8 Å². The van der Waals surface area contributed by atoms with E-state index in [1.807, 2.05) is 31.2 Å². The summed E-state index contributed by atoms with van der Waals surface area (Å²) in [4.78, 5) is 34.7. The van der Waals surface area contributed by atoms with Crippen LogP contribution in [0, 0.1) is 24.0 Å². The molecule has 2 aromatic carbocycles. The smallest absolute Gasteiger partial charge is 0.307 e. The summed E-state index contributed by atoms with van der Waals surface area (Å²) in [5.74, 6) is -0.867. The standard InChI is InChI=1S/C19H20N2O5/c1-12-4-6-14(7-5-12)16(11-18(22)26-3)20-19(23)15-8-9-17(21(24)25)13(2)10-15/h4-10,16H,11H2,1-3H3,(H,20,23). The highest BCUT2D eigenvalue weighted by molar-refractivity contribution is 5.95. The summed E-state index contributed by atoms with van der Waals surface area (Å²) in [6, 6.07) is 11.0. The van der Waals surface area contributed by atoms with Crippen LogP contribution >= 0.6 is 0 Å². The monoisotopic (exact) mass is 356 g/mol. The molecule has 0 radical (unpaired) electrons. The van der Waals surface area contributed by atoms with Crippen molar-refractivity contribution >= 4 is 17.6 Å². The van der Waals surface area contributed by atoms with Gasteiger partial charge in [-0.05, 0) is 31.5 Å². The lowest BCUT2D eigenvalue weighted by Crippen LogP contribution is -2.30. The summed E-state index contributed by atoms with van der Waals surface area (Å²) in [5.41, 5.74) is 2.46. The Balaban J connectivity index is 2.25. The average Bonchev–Trinajstić information content (AvgIpc) is 2.61. The van der Waals surface area contributed by atoms with E-state index in [9.17, 15) is 19.7 Å². The molecule has 0 aliphatic rings. The summed E-state index contributed by atoms with van der Waals surface area (Å²) in [6.45, 7) is 3.51. The van der Waals surface area contributed by atoms with Crippen LogP contribution in [0.5, 0.6) is 0 Å². The molecule has 2 rings (SSSR count). The molecule has 2 aromatic rings. The molecule has 0 aromatic heterocycles. The van der Waals surface area contributed by atoms with Gasteiger partial charge in [0.2, 0.25) is 0 Å². The third-order valence-electron chi connectivity index (χ3n) is 4.04. The minimum atomic E-state index is -0.564. The zero-order valence-corrected chi connectivity index (χ0v) is 14.8. The summed E-state index contributed by atoms with van der Waals surface area (Å²) in [5, 5.41) is 13.7. The highest BCUT2D eigenvalue weighted by Crippen LogP contribution is 2.21. The van der Waals surface area contributed by atoms with E-state index >= 15 is 0 Å². The van der Waals surface area contributed by atoms with Crippen molar-refractivity contribution in [2.24, 2.45) is 0 Å². The lowest BCUT2D eigenvalue weighted by molar-refractivity contribution is -0.385. The van der Waals surface area contributed by atoms with E-state index in [0.29, 0.717) is 5.56 Å². The number of hydrogen-bond acceptors (Lipinski definition) is 5. The van der Waals surface area contributed by atoms with Gasteiger partial charge in [0.15, 0.2) is 0 Å². The van der Waals surface area contributed by atoms with Crippen LogP contribution in [0.3, 0.4) is 0 Å². The number of aryl methyl sites for hydroxylation is 2. The van der Waals surface area contributed by atoms with E-state index in [-0.39, 0.29) is 17.7 Å².